The number of nitroso groups, excluding NO2 is 1. The number of pyridine rings is 3. The Morgan fingerprint density at radius 3 is 2.65 bits per heavy atom. The van der Waals surface area contributed by atoms with E-state index in [2.05, 4.69) is 21.2 Å². The molecule has 0 aromatic carbocycles. The molecule has 0 unspecified atom stereocenters. The van der Waals surface area contributed by atoms with Crippen molar-refractivity contribution >= 4 is 5.65 Å². The number of rotatable bonds is 4. The van der Waals surface area contributed by atoms with Gasteiger partial charge in [0.05, 0.1) is 23.3 Å². The van der Waals surface area contributed by atoms with E-state index in [0.29, 0.717) is 0 Å². The van der Waals surface area contributed by atoms with Crippen molar-refractivity contribution in [2.45, 2.75) is 20.4 Å². The standard InChI is InChI=1S/C20H17N5O/c1-13-4-3-5-18(23-13)20-17(8-6-14(2)24-20)15-7-9-19-21-10-16(11-22-26)25(19)12-15/h3-10,12H,11H2,1-2H3. The van der Waals surface area contributed by atoms with Gasteiger partial charge in [0.25, 0.3) is 0 Å². The molecule has 0 aliphatic rings. The zero-order chi connectivity index (χ0) is 18.1. The molecule has 0 amide bonds. The molecule has 6 heteroatoms. The Morgan fingerprint density at radius 2 is 1.85 bits per heavy atom. The van der Waals surface area contributed by atoms with Crippen LogP contribution < -0.4 is 0 Å². The molecule has 0 fully saturated rings. The highest BCUT2D eigenvalue weighted by Crippen LogP contribution is 2.30. The van der Waals surface area contributed by atoms with Gasteiger partial charge in [-0.25, -0.2) is 4.98 Å². The van der Waals surface area contributed by atoms with Crippen LogP contribution in [0.5, 0.6) is 0 Å². The molecule has 128 valence electrons. The summed E-state index contributed by atoms with van der Waals surface area (Å²) in [6.07, 6.45) is 3.64. The Balaban J connectivity index is 1.92. The second kappa shape index (κ2) is 6.48. The highest BCUT2D eigenvalue weighted by molar-refractivity contribution is 5.79. The van der Waals surface area contributed by atoms with Crippen LogP contribution >= 0.6 is 0 Å². The summed E-state index contributed by atoms with van der Waals surface area (Å²) in [5.41, 5.74) is 7.05. The molecule has 0 saturated heterocycles. The van der Waals surface area contributed by atoms with Crippen LogP contribution in [0.15, 0.2) is 60.0 Å². The summed E-state index contributed by atoms with van der Waals surface area (Å²) in [7, 11) is 0. The molecule has 0 aliphatic carbocycles. The molecule has 0 atom stereocenters. The molecule has 26 heavy (non-hydrogen) atoms. The second-order valence-corrected chi connectivity index (χ2v) is 6.20. The van der Waals surface area contributed by atoms with Gasteiger partial charge in [-0.1, -0.05) is 17.3 Å². The summed E-state index contributed by atoms with van der Waals surface area (Å²) in [6.45, 7) is 4.02. The van der Waals surface area contributed by atoms with Crippen molar-refractivity contribution in [3.05, 3.63) is 76.8 Å². The largest absolute Gasteiger partial charge is 0.301 e. The number of hydrogen-bond donors (Lipinski definition) is 0. The Morgan fingerprint density at radius 1 is 1.00 bits per heavy atom. The minimum atomic E-state index is 0.0864. The molecular weight excluding hydrogens is 326 g/mol. The molecule has 0 spiro atoms. The molecule has 0 saturated carbocycles. The first-order chi connectivity index (χ1) is 12.7. The van der Waals surface area contributed by atoms with Crippen molar-refractivity contribution in [2.24, 2.45) is 5.18 Å². The van der Waals surface area contributed by atoms with Crippen LogP contribution in [0.3, 0.4) is 0 Å². The molecule has 4 heterocycles. The average Bonchev–Trinajstić information content (AvgIpc) is 3.04. The number of nitrogens with zero attached hydrogens (tertiary/aromatic N) is 5. The predicted octanol–water partition coefficient (Wildman–Crippen LogP) is 4.34. The van der Waals surface area contributed by atoms with Crippen LogP contribution in [0, 0.1) is 18.8 Å². The van der Waals surface area contributed by atoms with Gasteiger partial charge in [0.1, 0.15) is 12.2 Å². The lowest BCUT2D eigenvalue weighted by Crippen LogP contribution is -1.97. The first-order valence-corrected chi connectivity index (χ1v) is 8.33. The fourth-order valence-electron chi connectivity index (χ4n) is 3.03. The molecule has 0 aliphatic heterocycles. The third-order valence-corrected chi connectivity index (χ3v) is 4.29. The lowest BCUT2D eigenvalue weighted by Gasteiger charge is -2.11. The third-order valence-electron chi connectivity index (χ3n) is 4.29. The van der Waals surface area contributed by atoms with Gasteiger partial charge in [0, 0.05) is 28.7 Å². The monoisotopic (exact) mass is 343 g/mol. The van der Waals surface area contributed by atoms with Crippen molar-refractivity contribution in [3.63, 3.8) is 0 Å². The van der Waals surface area contributed by atoms with E-state index in [1.807, 2.05) is 60.8 Å². The third kappa shape index (κ3) is 2.86. The van der Waals surface area contributed by atoms with E-state index in [1.54, 1.807) is 6.20 Å². The second-order valence-electron chi connectivity index (χ2n) is 6.20. The molecule has 4 aromatic rings. The van der Waals surface area contributed by atoms with Crippen LogP contribution in [0.1, 0.15) is 17.1 Å². The summed E-state index contributed by atoms with van der Waals surface area (Å²) in [6, 6.07) is 13.9. The summed E-state index contributed by atoms with van der Waals surface area (Å²) in [5, 5.41) is 2.98. The summed E-state index contributed by atoms with van der Waals surface area (Å²) in [4.78, 5) is 24.3. The summed E-state index contributed by atoms with van der Waals surface area (Å²) in [5.74, 6) is 0. The lowest BCUT2D eigenvalue weighted by atomic mass is 10.0. The maximum Gasteiger partial charge on any atom is 0.136 e. The smallest absolute Gasteiger partial charge is 0.136 e. The number of aromatic nitrogens is 4. The summed E-state index contributed by atoms with van der Waals surface area (Å²) >= 11 is 0. The van der Waals surface area contributed by atoms with Crippen LogP contribution in [0.4, 0.5) is 0 Å². The van der Waals surface area contributed by atoms with Crippen LogP contribution in [0.25, 0.3) is 28.2 Å². The van der Waals surface area contributed by atoms with E-state index < -0.39 is 0 Å². The van der Waals surface area contributed by atoms with Crippen molar-refractivity contribution in [1.82, 2.24) is 19.4 Å². The van der Waals surface area contributed by atoms with Crippen LogP contribution in [-0.4, -0.2) is 19.4 Å². The maximum absolute atomic E-state index is 10.7. The number of fused-ring (bicyclic) bond motifs is 1. The zero-order valence-electron chi connectivity index (χ0n) is 14.5. The van der Waals surface area contributed by atoms with E-state index in [4.69, 9.17) is 4.98 Å². The maximum atomic E-state index is 10.7. The minimum absolute atomic E-state index is 0.0864. The van der Waals surface area contributed by atoms with Gasteiger partial charge in [-0.2, -0.15) is 4.91 Å². The number of aryl methyl sites for hydroxylation is 2. The number of hydrogen-bond acceptors (Lipinski definition) is 5. The number of imidazole rings is 1. The molecular formula is C20H17N5O. The Bertz CT molecular complexity index is 1120. The van der Waals surface area contributed by atoms with E-state index in [9.17, 15) is 4.91 Å². The van der Waals surface area contributed by atoms with E-state index in [-0.39, 0.29) is 6.54 Å². The first-order valence-electron chi connectivity index (χ1n) is 8.33. The van der Waals surface area contributed by atoms with E-state index in [0.717, 1.165) is 45.2 Å². The SMILES string of the molecule is Cc1cccc(-c2nc(C)ccc2-c2ccc3ncc(CN=O)n3c2)n1. The normalized spacial score (nSPS) is 11.0. The quantitative estimate of drug-likeness (QED) is 0.517. The van der Waals surface area contributed by atoms with Crippen molar-refractivity contribution in [2.75, 3.05) is 0 Å². The van der Waals surface area contributed by atoms with Crippen molar-refractivity contribution < 1.29 is 0 Å². The Hall–Kier alpha value is -3.41. The fourth-order valence-corrected chi connectivity index (χ4v) is 3.03. The highest BCUT2D eigenvalue weighted by atomic mass is 16.3. The molecule has 4 aromatic heterocycles. The van der Waals surface area contributed by atoms with Crippen molar-refractivity contribution in [3.8, 4) is 22.5 Å². The van der Waals surface area contributed by atoms with Crippen LogP contribution in [0.2, 0.25) is 0 Å². The lowest BCUT2D eigenvalue weighted by molar-refractivity contribution is 0.952. The molecule has 4 rings (SSSR count). The highest BCUT2D eigenvalue weighted by Gasteiger charge is 2.13. The molecule has 6 nitrogen and oxygen atoms in total. The van der Waals surface area contributed by atoms with Gasteiger partial charge in [-0.05, 0) is 44.2 Å². The Labute approximate surface area is 150 Å². The average molecular weight is 343 g/mol. The summed E-state index contributed by atoms with van der Waals surface area (Å²) < 4.78 is 1.89. The van der Waals surface area contributed by atoms with Gasteiger partial charge in [-0.15, -0.1) is 0 Å². The minimum Gasteiger partial charge on any atom is -0.301 e. The zero-order valence-corrected chi connectivity index (χ0v) is 14.5. The van der Waals surface area contributed by atoms with Gasteiger partial charge in [0.2, 0.25) is 0 Å². The van der Waals surface area contributed by atoms with Crippen molar-refractivity contribution in [1.29, 1.82) is 0 Å². The first kappa shape index (κ1) is 16.1. The predicted molar refractivity (Wildman–Crippen MR) is 101 cm³/mol. The van der Waals surface area contributed by atoms with Gasteiger partial charge in [-0.3, -0.25) is 9.97 Å². The van der Waals surface area contributed by atoms with Gasteiger partial charge >= 0.3 is 0 Å². The fraction of sp³-hybridized carbons (Fsp3) is 0.150. The Kier molecular flexibility index (Phi) is 4.01. The topological polar surface area (TPSA) is 72.5 Å². The molecule has 0 N–H and O–H groups in total. The van der Waals surface area contributed by atoms with E-state index in [1.165, 1.54) is 0 Å². The van der Waals surface area contributed by atoms with Gasteiger partial charge < -0.3 is 4.40 Å². The molecule has 0 bridgehead atoms. The molecule has 0 radical (unpaired) electrons. The van der Waals surface area contributed by atoms with Crippen LogP contribution in [-0.2, 0) is 6.54 Å². The van der Waals surface area contributed by atoms with E-state index >= 15 is 0 Å². The van der Waals surface area contributed by atoms with Gasteiger partial charge in [0.15, 0.2) is 0 Å².